The summed E-state index contributed by atoms with van der Waals surface area (Å²) in [6.07, 6.45) is 1.27. The first-order valence-corrected chi connectivity index (χ1v) is 9.19. The van der Waals surface area contributed by atoms with E-state index in [0.717, 1.165) is 5.82 Å². The predicted octanol–water partition coefficient (Wildman–Crippen LogP) is 2.62. The highest BCUT2D eigenvalue weighted by atomic mass is 16.6. The molecule has 0 radical (unpaired) electrons. The Labute approximate surface area is 164 Å². The summed E-state index contributed by atoms with van der Waals surface area (Å²) in [5, 5.41) is 2.83. The third kappa shape index (κ3) is 4.51. The maximum atomic E-state index is 12.5. The second-order valence-electron chi connectivity index (χ2n) is 6.23. The molecule has 2 amide bonds. The lowest BCUT2D eigenvalue weighted by Crippen LogP contribution is -2.49. The van der Waals surface area contributed by atoms with E-state index in [1.54, 1.807) is 43.3 Å². The zero-order chi connectivity index (χ0) is 19.9. The summed E-state index contributed by atoms with van der Waals surface area (Å²) in [7, 11) is 1.56. The summed E-state index contributed by atoms with van der Waals surface area (Å²) < 4.78 is 10.3. The summed E-state index contributed by atoms with van der Waals surface area (Å²) in [5.74, 6) is 1.12. The van der Waals surface area contributed by atoms with Crippen molar-refractivity contribution in [3.63, 3.8) is 0 Å². The Hall–Kier alpha value is -3.29. The summed E-state index contributed by atoms with van der Waals surface area (Å²) in [6, 6.07) is 10.8. The van der Waals surface area contributed by atoms with Crippen LogP contribution in [-0.2, 0) is 4.74 Å². The fourth-order valence-corrected chi connectivity index (χ4v) is 2.98. The maximum absolute atomic E-state index is 12.5. The Kier molecular flexibility index (Phi) is 6.31. The number of hydrogen-bond donors (Lipinski definition) is 1. The molecule has 28 heavy (non-hydrogen) atoms. The van der Waals surface area contributed by atoms with Crippen LogP contribution in [0.15, 0.2) is 42.6 Å². The minimum Gasteiger partial charge on any atom is -0.495 e. The standard InChI is InChI=1S/C20H24N4O4/c1-3-28-20(26)24-12-10-23(11-13-24)18-9-8-15(14-21-18)19(25)22-16-6-4-5-7-17(16)27-2/h4-9,14H,3,10-13H2,1-2H3,(H,22,25). The number of ether oxygens (including phenoxy) is 2. The van der Waals surface area contributed by atoms with Crippen LogP contribution in [0.2, 0.25) is 0 Å². The number of carbonyl (C=O) groups excluding carboxylic acids is 2. The molecule has 0 aliphatic carbocycles. The number of piperazine rings is 1. The number of anilines is 2. The highest BCUT2D eigenvalue weighted by Crippen LogP contribution is 2.24. The number of pyridine rings is 1. The third-order valence-electron chi connectivity index (χ3n) is 4.49. The van der Waals surface area contributed by atoms with Crippen LogP contribution >= 0.6 is 0 Å². The second-order valence-corrected chi connectivity index (χ2v) is 6.23. The van der Waals surface area contributed by atoms with Gasteiger partial charge in [-0.05, 0) is 31.2 Å². The fourth-order valence-electron chi connectivity index (χ4n) is 2.98. The largest absolute Gasteiger partial charge is 0.495 e. The normalized spacial score (nSPS) is 13.8. The van der Waals surface area contributed by atoms with Crippen LogP contribution in [0.1, 0.15) is 17.3 Å². The molecule has 3 rings (SSSR count). The Morgan fingerprint density at radius 1 is 1.11 bits per heavy atom. The molecule has 2 heterocycles. The Bertz CT molecular complexity index is 817. The SMILES string of the molecule is CCOC(=O)N1CCN(c2ccc(C(=O)Nc3ccccc3OC)cn2)CC1. The average Bonchev–Trinajstić information content (AvgIpc) is 2.74. The lowest BCUT2D eigenvalue weighted by molar-refractivity contribution is 0.102. The smallest absolute Gasteiger partial charge is 0.409 e. The topological polar surface area (TPSA) is 84.0 Å². The molecule has 1 aromatic carbocycles. The first kappa shape index (κ1) is 19.5. The molecule has 1 aliphatic heterocycles. The summed E-state index contributed by atoms with van der Waals surface area (Å²) >= 11 is 0. The van der Waals surface area contributed by atoms with Gasteiger partial charge in [0.15, 0.2) is 0 Å². The quantitative estimate of drug-likeness (QED) is 0.853. The van der Waals surface area contributed by atoms with Gasteiger partial charge in [-0.15, -0.1) is 0 Å². The fraction of sp³-hybridized carbons (Fsp3) is 0.350. The van der Waals surface area contributed by atoms with Crippen molar-refractivity contribution >= 4 is 23.5 Å². The van der Waals surface area contributed by atoms with Gasteiger partial charge in [0.2, 0.25) is 0 Å². The lowest BCUT2D eigenvalue weighted by Gasteiger charge is -2.34. The van der Waals surface area contributed by atoms with Crippen LogP contribution in [0.4, 0.5) is 16.3 Å². The summed E-state index contributed by atoms with van der Waals surface area (Å²) in [6.45, 7) is 4.66. The molecule has 0 saturated carbocycles. The molecule has 8 nitrogen and oxygen atoms in total. The van der Waals surface area contributed by atoms with E-state index in [0.29, 0.717) is 49.8 Å². The van der Waals surface area contributed by atoms with Gasteiger partial charge >= 0.3 is 6.09 Å². The van der Waals surface area contributed by atoms with E-state index in [2.05, 4.69) is 15.2 Å². The number of para-hydroxylation sites is 2. The molecule has 1 aliphatic rings. The Morgan fingerprint density at radius 3 is 2.50 bits per heavy atom. The van der Waals surface area contributed by atoms with Crippen LogP contribution in [0.5, 0.6) is 5.75 Å². The average molecular weight is 384 g/mol. The third-order valence-corrected chi connectivity index (χ3v) is 4.49. The molecule has 1 fully saturated rings. The highest BCUT2D eigenvalue weighted by Gasteiger charge is 2.22. The molecular weight excluding hydrogens is 360 g/mol. The number of amides is 2. The molecular formula is C20H24N4O4. The van der Waals surface area contributed by atoms with E-state index in [4.69, 9.17) is 9.47 Å². The zero-order valence-corrected chi connectivity index (χ0v) is 16.1. The predicted molar refractivity (Wildman–Crippen MR) is 106 cm³/mol. The molecule has 8 heteroatoms. The Balaban J connectivity index is 1.59. The first-order chi connectivity index (χ1) is 13.6. The second kappa shape index (κ2) is 9.07. The van der Waals surface area contributed by atoms with E-state index in [1.807, 2.05) is 18.2 Å². The Morgan fingerprint density at radius 2 is 1.86 bits per heavy atom. The number of hydrogen-bond acceptors (Lipinski definition) is 6. The number of methoxy groups -OCH3 is 1. The monoisotopic (exact) mass is 384 g/mol. The summed E-state index contributed by atoms with van der Waals surface area (Å²) in [5.41, 5.74) is 1.06. The minimum atomic E-state index is -0.279. The van der Waals surface area contributed by atoms with E-state index >= 15 is 0 Å². The molecule has 1 N–H and O–H groups in total. The van der Waals surface area contributed by atoms with Crippen molar-refractivity contribution in [1.29, 1.82) is 0 Å². The summed E-state index contributed by atoms with van der Waals surface area (Å²) in [4.78, 5) is 32.4. The zero-order valence-electron chi connectivity index (χ0n) is 16.1. The van der Waals surface area contributed by atoms with Crippen LogP contribution in [-0.4, -0.2) is 61.8 Å². The number of carbonyl (C=O) groups is 2. The lowest BCUT2D eigenvalue weighted by atomic mass is 10.2. The number of aromatic nitrogens is 1. The van der Waals surface area contributed by atoms with Crippen LogP contribution in [0, 0.1) is 0 Å². The van der Waals surface area contributed by atoms with Crippen LogP contribution in [0.25, 0.3) is 0 Å². The number of rotatable bonds is 5. The van der Waals surface area contributed by atoms with E-state index in [1.165, 1.54) is 0 Å². The van der Waals surface area contributed by atoms with E-state index in [-0.39, 0.29) is 12.0 Å². The minimum absolute atomic E-state index is 0.254. The first-order valence-electron chi connectivity index (χ1n) is 9.19. The van der Waals surface area contributed by atoms with Crippen molar-refractivity contribution in [2.24, 2.45) is 0 Å². The molecule has 0 unspecified atom stereocenters. The van der Waals surface area contributed by atoms with Crippen molar-refractivity contribution in [2.75, 3.05) is 50.1 Å². The maximum Gasteiger partial charge on any atom is 0.409 e. The highest BCUT2D eigenvalue weighted by molar-refractivity contribution is 6.04. The molecule has 2 aromatic rings. The molecule has 0 spiro atoms. The number of nitrogens with zero attached hydrogens (tertiary/aromatic N) is 3. The van der Waals surface area contributed by atoms with Gasteiger partial charge in [-0.25, -0.2) is 9.78 Å². The van der Waals surface area contributed by atoms with Crippen molar-refractivity contribution in [3.05, 3.63) is 48.2 Å². The molecule has 1 saturated heterocycles. The van der Waals surface area contributed by atoms with Gasteiger partial charge in [0.1, 0.15) is 11.6 Å². The molecule has 1 aromatic heterocycles. The van der Waals surface area contributed by atoms with Crippen molar-refractivity contribution < 1.29 is 19.1 Å². The van der Waals surface area contributed by atoms with Gasteiger partial charge in [-0.2, -0.15) is 0 Å². The van der Waals surface area contributed by atoms with Crippen LogP contribution < -0.4 is 15.0 Å². The van der Waals surface area contributed by atoms with E-state index in [9.17, 15) is 9.59 Å². The van der Waals surface area contributed by atoms with Gasteiger partial charge < -0.3 is 24.6 Å². The van der Waals surface area contributed by atoms with Gasteiger partial charge in [-0.1, -0.05) is 12.1 Å². The molecule has 0 atom stereocenters. The van der Waals surface area contributed by atoms with Gasteiger partial charge in [-0.3, -0.25) is 4.79 Å². The van der Waals surface area contributed by atoms with Gasteiger partial charge in [0.25, 0.3) is 5.91 Å². The van der Waals surface area contributed by atoms with Crippen molar-refractivity contribution in [3.8, 4) is 5.75 Å². The molecule has 0 bridgehead atoms. The van der Waals surface area contributed by atoms with Gasteiger partial charge in [0.05, 0.1) is 25.0 Å². The number of nitrogens with one attached hydrogen (secondary N) is 1. The van der Waals surface area contributed by atoms with Crippen molar-refractivity contribution in [1.82, 2.24) is 9.88 Å². The van der Waals surface area contributed by atoms with Crippen molar-refractivity contribution in [2.45, 2.75) is 6.92 Å². The van der Waals surface area contributed by atoms with Gasteiger partial charge in [0, 0.05) is 32.4 Å². The molecule has 148 valence electrons. The number of benzene rings is 1. The van der Waals surface area contributed by atoms with Crippen LogP contribution in [0.3, 0.4) is 0 Å². The van der Waals surface area contributed by atoms with E-state index < -0.39 is 0 Å².